The van der Waals surface area contributed by atoms with Gasteiger partial charge in [0, 0.05) is 11.8 Å². The SMILES string of the molecule is CC1(C)CC(O)C2CCC1C2=O. The smallest absolute Gasteiger partial charge is 0.142 e. The molecular weight excluding hydrogens is 152 g/mol. The Balaban J connectivity index is 2.32. The number of carbonyl (C=O) groups is 1. The van der Waals surface area contributed by atoms with Crippen LogP contribution in [0.4, 0.5) is 0 Å². The van der Waals surface area contributed by atoms with Gasteiger partial charge in [-0.05, 0) is 24.7 Å². The zero-order valence-electron chi connectivity index (χ0n) is 7.71. The molecule has 2 nitrogen and oxygen atoms in total. The van der Waals surface area contributed by atoms with E-state index in [1.165, 1.54) is 0 Å². The van der Waals surface area contributed by atoms with Crippen LogP contribution < -0.4 is 0 Å². The van der Waals surface area contributed by atoms with Crippen LogP contribution in [0.15, 0.2) is 0 Å². The van der Waals surface area contributed by atoms with Gasteiger partial charge >= 0.3 is 0 Å². The number of aliphatic hydroxyl groups excluding tert-OH is 1. The number of fused-ring (bicyclic) bond motifs is 2. The standard InChI is InChI=1S/C10H16O2/c1-10(2)5-8(11)6-3-4-7(10)9(6)12/h6-8,11H,3-5H2,1-2H3. The van der Waals surface area contributed by atoms with Crippen molar-refractivity contribution in [3.63, 3.8) is 0 Å². The van der Waals surface area contributed by atoms with Gasteiger partial charge in [0.2, 0.25) is 0 Å². The molecule has 2 aliphatic rings. The van der Waals surface area contributed by atoms with E-state index in [0.717, 1.165) is 19.3 Å². The summed E-state index contributed by atoms with van der Waals surface area (Å²) in [5, 5.41) is 9.68. The molecule has 12 heavy (non-hydrogen) atoms. The fourth-order valence-electron chi connectivity index (χ4n) is 2.87. The third-order valence-corrected chi connectivity index (χ3v) is 3.62. The van der Waals surface area contributed by atoms with Crippen molar-refractivity contribution in [2.45, 2.75) is 39.2 Å². The number of hydrogen-bond donors (Lipinski definition) is 1. The van der Waals surface area contributed by atoms with Gasteiger partial charge in [-0.25, -0.2) is 0 Å². The van der Waals surface area contributed by atoms with E-state index in [-0.39, 0.29) is 23.4 Å². The van der Waals surface area contributed by atoms with E-state index in [4.69, 9.17) is 0 Å². The summed E-state index contributed by atoms with van der Waals surface area (Å²) in [6, 6.07) is 0. The summed E-state index contributed by atoms with van der Waals surface area (Å²) in [6.45, 7) is 4.20. The molecule has 2 saturated carbocycles. The Hall–Kier alpha value is -0.370. The molecule has 2 bridgehead atoms. The molecule has 2 fully saturated rings. The van der Waals surface area contributed by atoms with Crippen molar-refractivity contribution >= 4 is 5.78 Å². The van der Waals surface area contributed by atoms with E-state index in [0.29, 0.717) is 5.78 Å². The molecule has 2 rings (SSSR count). The predicted molar refractivity (Wildman–Crippen MR) is 45.6 cm³/mol. The molecule has 68 valence electrons. The van der Waals surface area contributed by atoms with Gasteiger partial charge in [0.25, 0.3) is 0 Å². The number of ketones is 1. The summed E-state index contributed by atoms with van der Waals surface area (Å²) in [4.78, 5) is 11.7. The summed E-state index contributed by atoms with van der Waals surface area (Å²) < 4.78 is 0. The van der Waals surface area contributed by atoms with Crippen molar-refractivity contribution in [2.24, 2.45) is 17.3 Å². The quantitative estimate of drug-likeness (QED) is 0.593. The summed E-state index contributed by atoms with van der Waals surface area (Å²) in [5.41, 5.74) is 0.0312. The van der Waals surface area contributed by atoms with Crippen LogP contribution >= 0.6 is 0 Å². The molecule has 3 atom stereocenters. The molecule has 0 aromatic rings. The van der Waals surface area contributed by atoms with E-state index < -0.39 is 0 Å². The van der Waals surface area contributed by atoms with Crippen LogP contribution in [0.3, 0.4) is 0 Å². The molecule has 0 radical (unpaired) electrons. The lowest BCUT2D eigenvalue weighted by atomic mass is 9.68. The Morgan fingerprint density at radius 2 is 2.08 bits per heavy atom. The fraction of sp³-hybridized carbons (Fsp3) is 0.900. The second-order valence-corrected chi connectivity index (χ2v) is 4.90. The fourth-order valence-corrected chi connectivity index (χ4v) is 2.87. The lowest BCUT2D eigenvalue weighted by Gasteiger charge is -2.37. The molecule has 0 spiro atoms. The second-order valence-electron chi connectivity index (χ2n) is 4.90. The largest absolute Gasteiger partial charge is 0.392 e. The monoisotopic (exact) mass is 168 g/mol. The average Bonchev–Trinajstić information content (AvgIpc) is 2.23. The first-order valence-corrected chi connectivity index (χ1v) is 4.74. The molecule has 2 aliphatic carbocycles. The predicted octanol–water partition coefficient (Wildman–Crippen LogP) is 1.37. The van der Waals surface area contributed by atoms with Gasteiger partial charge in [-0.1, -0.05) is 13.8 Å². The van der Waals surface area contributed by atoms with Crippen molar-refractivity contribution in [3.8, 4) is 0 Å². The Morgan fingerprint density at radius 3 is 2.75 bits per heavy atom. The van der Waals surface area contributed by atoms with Gasteiger partial charge in [0.1, 0.15) is 5.78 Å². The maximum absolute atomic E-state index is 11.7. The molecule has 0 aromatic heterocycles. The molecule has 2 heteroatoms. The number of carbonyl (C=O) groups excluding carboxylic acids is 1. The molecule has 0 saturated heterocycles. The summed E-state index contributed by atoms with van der Waals surface area (Å²) in [7, 11) is 0. The summed E-state index contributed by atoms with van der Waals surface area (Å²) >= 11 is 0. The minimum atomic E-state index is -0.369. The van der Waals surface area contributed by atoms with E-state index in [1.807, 2.05) is 0 Å². The van der Waals surface area contributed by atoms with Gasteiger partial charge < -0.3 is 5.11 Å². The number of rotatable bonds is 0. The second kappa shape index (κ2) is 2.32. The van der Waals surface area contributed by atoms with E-state index in [9.17, 15) is 9.90 Å². The van der Waals surface area contributed by atoms with Crippen LogP contribution in [0.5, 0.6) is 0 Å². The van der Waals surface area contributed by atoms with Crippen LogP contribution in [0.25, 0.3) is 0 Å². The van der Waals surface area contributed by atoms with Gasteiger partial charge in [-0.3, -0.25) is 4.79 Å². The first-order valence-electron chi connectivity index (χ1n) is 4.74. The molecule has 3 unspecified atom stereocenters. The molecule has 1 N–H and O–H groups in total. The zero-order chi connectivity index (χ0) is 8.93. The minimum Gasteiger partial charge on any atom is -0.392 e. The van der Waals surface area contributed by atoms with Crippen molar-refractivity contribution in [1.29, 1.82) is 0 Å². The lowest BCUT2D eigenvalue weighted by Crippen LogP contribution is -2.42. The normalized spacial score (nSPS) is 44.9. The summed E-state index contributed by atoms with van der Waals surface area (Å²) in [5.74, 6) is 0.521. The molecular formula is C10H16O2. The molecule has 0 heterocycles. The van der Waals surface area contributed by atoms with Crippen molar-refractivity contribution in [2.75, 3.05) is 0 Å². The lowest BCUT2D eigenvalue weighted by molar-refractivity contribution is -0.136. The highest BCUT2D eigenvalue weighted by molar-refractivity contribution is 5.87. The Labute approximate surface area is 73.0 Å². The van der Waals surface area contributed by atoms with Gasteiger partial charge in [0.15, 0.2) is 0 Å². The van der Waals surface area contributed by atoms with Crippen LogP contribution in [0, 0.1) is 17.3 Å². The first-order chi connectivity index (χ1) is 5.52. The van der Waals surface area contributed by atoms with Gasteiger partial charge in [-0.2, -0.15) is 0 Å². The first kappa shape index (κ1) is 8.24. The van der Waals surface area contributed by atoms with Gasteiger partial charge in [0.05, 0.1) is 6.10 Å². The zero-order valence-corrected chi connectivity index (χ0v) is 7.71. The van der Waals surface area contributed by atoms with Crippen molar-refractivity contribution < 1.29 is 9.90 Å². The minimum absolute atomic E-state index is 0.0250. The summed E-state index contributed by atoms with van der Waals surface area (Å²) in [6.07, 6.45) is 2.33. The van der Waals surface area contributed by atoms with Crippen molar-refractivity contribution in [3.05, 3.63) is 0 Å². The van der Waals surface area contributed by atoms with Crippen LogP contribution in [0.1, 0.15) is 33.1 Å². The maximum atomic E-state index is 11.7. The van der Waals surface area contributed by atoms with E-state index in [1.54, 1.807) is 0 Å². The average molecular weight is 168 g/mol. The van der Waals surface area contributed by atoms with Crippen LogP contribution in [-0.4, -0.2) is 17.0 Å². The van der Waals surface area contributed by atoms with Crippen LogP contribution in [-0.2, 0) is 4.79 Å². The maximum Gasteiger partial charge on any atom is 0.142 e. The highest BCUT2D eigenvalue weighted by atomic mass is 16.3. The highest BCUT2D eigenvalue weighted by Gasteiger charge is 2.51. The Kier molecular flexibility index (Phi) is 1.59. The third-order valence-electron chi connectivity index (χ3n) is 3.62. The molecule has 0 amide bonds. The topological polar surface area (TPSA) is 37.3 Å². The number of aliphatic hydroxyl groups is 1. The third kappa shape index (κ3) is 0.939. The molecule has 0 aliphatic heterocycles. The van der Waals surface area contributed by atoms with Gasteiger partial charge in [-0.15, -0.1) is 0 Å². The highest BCUT2D eigenvalue weighted by Crippen LogP contribution is 2.49. The van der Waals surface area contributed by atoms with E-state index >= 15 is 0 Å². The van der Waals surface area contributed by atoms with E-state index in [2.05, 4.69) is 13.8 Å². The number of hydrogen-bond acceptors (Lipinski definition) is 2. The van der Waals surface area contributed by atoms with Crippen LogP contribution in [0.2, 0.25) is 0 Å². The Bertz CT molecular complexity index is 220. The van der Waals surface area contributed by atoms with Crippen molar-refractivity contribution in [1.82, 2.24) is 0 Å². The Morgan fingerprint density at radius 1 is 1.42 bits per heavy atom. The number of Topliss-reactive ketones (excluding diaryl/α,β-unsaturated/α-hetero) is 1. The molecule has 0 aromatic carbocycles.